The minimum atomic E-state index is -0.916. The molecule has 3 aliphatic rings. The number of carboxylic acid groups (broad SMARTS) is 1. The van der Waals surface area contributed by atoms with Gasteiger partial charge in [0.05, 0.1) is 36.5 Å². The minimum Gasteiger partial charge on any atom is -0.480 e. The summed E-state index contributed by atoms with van der Waals surface area (Å²) in [6.45, 7) is 1.75. The Balaban J connectivity index is 1.34. The van der Waals surface area contributed by atoms with Gasteiger partial charge in [0.1, 0.15) is 11.2 Å². The van der Waals surface area contributed by atoms with Crippen LogP contribution in [0.4, 0.5) is 11.4 Å². The van der Waals surface area contributed by atoms with Crippen molar-refractivity contribution >= 4 is 46.5 Å². The van der Waals surface area contributed by atoms with E-state index >= 15 is 0 Å². The standard InChI is InChI=1S/C31H34Cl2N8O4/c32-21-8-9-26(41-17-28(33)36-37-41)23(14-21)24-15-29(42)40(19-35-24)25-7-2-1-3-10-34-31(45)27-16-38(18-30(43)44)11-12-39(27)22-6-4-5-20(25)13-22/h4-6,8-9,13-15,17,19,25,27,36-37H,1-3,7,10-12,16,18H2,(H,34,45)(H,43,44)/t25-,27+/m0/s1. The van der Waals surface area contributed by atoms with Crippen molar-refractivity contribution < 1.29 is 14.7 Å². The normalized spacial score (nSPS) is 21.0. The number of nitrogens with zero attached hydrogens (tertiary/aromatic N) is 5. The predicted molar refractivity (Wildman–Crippen MR) is 173 cm³/mol. The number of nitrogens with one attached hydrogen (secondary N) is 3. The fraction of sp³-hybridized carbons (Fsp3) is 0.355. The van der Waals surface area contributed by atoms with Gasteiger partial charge in [0, 0.05) is 48.5 Å². The lowest BCUT2D eigenvalue weighted by molar-refractivity contribution is -0.139. The third-order valence-electron chi connectivity index (χ3n) is 8.37. The average Bonchev–Trinajstić information content (AvgIpc) is 3.46. The van der Waals surface area contributed by atoms with Crippen molar-refractivity contribution in [3.05, 3.63) is 87.2 Å². The zero-order valence-electron chi connectivity index (χ0n) is 24.5. The molecule has 0 radical (unpaired) electrons. The van der Waals surface area contributed by atoms with Crippen molar-refractivity contribution in [1.82, 2.24) is 30.7 Å². The highest BCUT2D eigenvalue weighted by molar-refractivity contribution is 6.31. The van der Waals surface area contributed by atoms with Crippen LogP contribution in [0, 0.1) is 0 Å². The largest absolute Gasteiger partial charge is 0.480 e. The molecular weight excluding hydrogens is 619 g/mol. The first-order valence-corrected chi connectivity index (χ1v) is 15.7. The van der Waals surface area contributed by atoms with Gasteiger partial charge in [-0.25, -0.2) is 4.98 Å². The molecule has 0 spiro atoms. The van der Waals surface area contributed by atoms with E-state index in [2.05, 4.69) is 16.3 Å². The van der Waals surface area contributed by atoms with Crippen LogP contribution in [0.1, 0.15) is 37.3 Å². The Kier molecular flexibility index (Phi) is 9.27. The number of fused-ring (bicyclic) bond motifs is 4. The molecule has 3 aliphatic heterocycles. The molecule has 1 amide bonds. The summed E-state index contributed by atoms with van der Waals surface area (Å²) in [7, 11) is 0. The Morgan fingerprint density at radius 3 is 2.67 bits per heavy atom. The fourth-order valence-corrected chi connectivity index (χ4v) is 6.50. The average molecular weight is 654 g/mol. The number of aliphatic carboxylic acids is 1. The molecule has 1 fully saturated rings. The van der Waals surface area contributed by atoms with Crippen molar-refractivity contribution in [3.8, 4) is 11.3 Å². The first kappa shape index (κ1) is 30.9. The number of carbonyl (C=O) groups excluding carboxylic acids is 1. The summed E-state index contributed by atoms with van der Waals surface area (Å²) in [6.07, 6.45) is 6.49. The van der Waals surface area contributed by atoms with Gasteiger partial charge in [-0.2, -0.15) is 0 Å². The van der Waals surface area contributed by atoms with E-state index in [9.17, 15) is 19.5 Å². The van der Waals surface area contributed by atoms with Crippen molar-refractivity contribution in [3.63, 3.8) is 0 Å². The van der Waals surface area contributed by atoms with Crippen LogP contribution in [-0.2, 0) is 9.59 Å². The van der Waals surface area contributed by atoms with Gasteiger partial charge in [0.25, 0.3) is 5.56 Å². The summed E-state index contributed by atoms with van der Waals surface area (Å²) in [5.74, 6) is -1.03. The maximum atomic E-state index is 13.8. The fourth-order valence-electron chi connectivity index (χ4n) is 6.19. The lowest BCUT2D eigenvalue weighted by Gasteiger charge is -2.41. The molecule has 236 valence electrons. The number of amides is 1. The second kappa shape index (κ2) is 13.5. The summed E-state index contributed by atoms with van der Waals surface area (Å²) >= 11 is 12.4. The maximum absolute atomic E-state index is 13.8. The van der Waals surface area contributed by atoms with Gasteiger partial charge in [-0.1, -0.05) is 48.2 Å². The number of piperazine rings is 1. The van der Waals surface area contributed by atoms with E-state index < -0.39 is 12.0 Å². The van der Waals surface area contributed by atoms with Crippen molar-refractivity contribution in [2.75, 3.05) is 42.6 Å². The van der Waals surface area contributed by atoms with Crippen LogP contribution in [0.25, 0.3) is 11.3 Å². The van der Waals surface area contributed by atoms with Gasteiger partial charge < -0.3 is 15.3 Å². The van der Waals surface area contributed by atoms with E-state index in [1.807, 2.05) is 35.2 Å². The molecule has 4 N–H and O–H groups in total. The molecule has 1 aromatic heterocycles. The molecule has 12 nitrogen and oxygen atoms in total. The molecule has 2 bridgehead atoms. The highest BCUT2D eigenvalue weighted by atomic mass is 35.5. The molecule has 4 heterocycles. The monoisotopic (exact) mass is 652 g/mol. The number of halogens is 2. The number of rotatable bonds is 5. The van der Waals surface area contributed by atoms with Gasteiger partial charge in [0.15, 0.2) is 0 Å². The smallest absolute Gasteiger partial charge is 0.317 e. The van der Waals surface area contributed by atoms with Crippen LogP contribution >= 0.6 is 23.2 Å². The van der Waals surface area contributed by atoms with Gasteiger partial charge in [-0.3, -0.25) is 34.3 Å². The molecule has 0 aliphatic carbocycles. The Labute approximate surface area is 270 Å². The summed E-state index contributed by atoms with van der Waals surface area (Å²) in [4.78, 5) is 47.0. The molecule has 6 rings (SSSR count). The Hall–Kier alpha value is -4.10. The van der Waals surface area contributed by atoms with E-state index in [1.165, 1.54) is 6.07 Å². The molecule has 0 unspecified atom stereocenters. The number of hydrogen-bond donors (Lipinski definition) is 4. The zero-order valence-corrected chi connectivity index (χ0v) is 26.0. The molecule has 3 aromatic rings. The van der Waals surface area contributed by atoms with E-state index in [-0.39, 0.29) is 24.1 Å². The molecule has 45 heavy (non-hydrogen) atoms. The number of anilines is 2. The minimum absolute atomic E-state index is 0.111. The van der Waals surface area contributed by atoms with Crippen molar-refractivity contribution in [2.45, 2.75) is 37.8 Å². The third kappa shape index (κ3) is 6.94. The second-order valence-electron chi connectivity index (χ2n) is 11.4. The van der Waals surface area contributed by atoms with Crippen LogP contribution in [0.15, 0.2) is 71.0 Å². The quantitative estimate of drug-likeness (QED) is 0.304. The second-order valence-corrected chi connectivity index (χ2v) is 12.2. The van der Waals surface area contributed by atoms with Crippen LogP contribution in [0.2, 0.25) is 5.02 Å². The molecule has 2 aromatic carbocycles. The SMILES string of the molecule is O=C(O)CN1CCN2c3cccc(c3)[C@@H](n3cnc(-c4cc(Cl)ccc4N4C=C(Cl)NN4)cc3=O)CCCCCNC(=O)[C@H]2C1. The number of aromatic nitrogens is 2. The lowest BCUT2D eigenvalue weighted by atomic mass is 9.98. The highest BCUT2D eigenvalue weighted by Crippen LogP contribution is 2.34. The van der Waals surface area contributed by atoms with Crippen molar-refractivity contribution in [1.29, 1.82) is 0 Å². The lowest BCUT2D eigenvalue weighted by Crippen LogP contribution is -2.60. The molecular formula is C31H34Cl2N8O4. The number of hydrazine groups is 2. The number of carboxylic acids is 1. The number of carbonyl (C=O) groups is 2. The van der Waals surface area contributed by atoms with E-state index in [0.717, 1.165) is 30.5 Å². The van der Waals surface area contributed by atoms with E-state index in [4.69, 9.17) is 28.2 Å². The van der Waals surface area contributed by atoms with Gasteiger partial charge in [-0.15, -0.1) is 5.53 Å². The first-order chi connectivity index (χ1) is 21.8. The van der Waals surface area contributed by atoms with Gasteiger partial charge >= 0.3 is 5.97 Å². The van der Waals surface area contributed by atoms with Crippen LogP contribution < -0.4 is 31.7 Å². The predicted octanol–water partition coefficient (Wildman–Crippen LogP) is 3.29. The highest BCUT2D eigenvalue weighted by Gasteiger charge is 2.34. The number of hydrogen-bond acceptors (Lipinski definition) is 9. The van der Waals surface area contributed by atoms with Crippen molar-refractivity contribution in [2.24, 2.45) is 0 Å². The summed E-state index contributed by atoms with van der Waals surface area (Å²) < 4.78 is 1.67. The topological polar surface area (TPSA) is 135 Å². The maximum Gasteiger partial charge on any atom is 0.317 e. The molecule has 0 saturated carbocycles. The molecule has 2 atom stereocenters. The van der Waals surface area contributed by atoms with Gasteiger partial charge in [0.2, 0.25) is 5.91 Å². The van der Waals surface area contributed by atoms with Crippen LogP contribution in [0.5, 0.6) is 0 Å². The third-order valence-corrected chi connectivity index (χ3v) is 8.80. The first-order valence-electron chi connectivity index (χ1n) is 14.9. The van der Waals surface area contributed by atoms with E-state index in [0.29, 0.717) is 59.7 Å². The Morgan fingerprint density at radius 2 is 1.89 bits per heavy atom. The van der Waals surface area contributed by atoms with Crippen LogP contribution in [0.3, 0.4) is 0 Å². The Morgan fingerprint density at radius 1 is 1.02 bits per heavy atom. The van der Waals surface area contributed by atoms with E-state index in [1.54, 1.807) is 39.1 Å². The zero-order chi connectivity index (χ0) is 31.5. The number of benzene rings is 2. The summed E-state index contributed by atoms with van der Waals surface area (Å²) in [6, 6.07) is 14.0. The Bertz CT molecular complexity index is 1680. The van der Waals surface area contributed by atoms with Gasteiger partial charge in [-0.05, 0) is 48.7 Å². The summed E-state index contributed by atoms with van der Waals surface area (Å²) in [5, 5.41) is 15.0. The van der Waals surface area contributed by atoms with Crippen LogP contribution in [-0.4, -0.2) is 70.2 Å². The molecule has 14 heteroatoms. The summed E-state index contributed by atoms with van der Waals surface area (Å²) in [5.41, 5.74) is 9.20. The molecule has 1 saturated heterocycles.